The van der Waals surface area contributed by atoms with E-state index in [1.54, 1.807) is 24.5 Å². The average Bonchev–Trinajstić information content (AvgIpc) is 3.57. The number of ether oxygens (including phenoxy) is 1. The van der Waals surface area contributed by atoms with Crippen molar-refractivity contribution in [3.63, 3.8) is 0 Å². The van der Waals surface area contributed by atoms with Gasteiger partial charge in [-0.1, -0.05) is 12.1 Å². The number of carbonyl (C=O) groups is 3. The van der Waals surface area contributed by atoms with Crippen LogP contribution in [0.5, 0.6) is 11.5 Å². The van der Waals surface area contributed by atoms with E-state index in [9.17, 15) is 23.9 Å². The Bertz CT molecular complexity index is 1530. The molecule has 0 bridgehead atoms. The standard InChI is InChI=1S/C27H24FN5O5/c1-38-22-9-8-21(34)23(24(22)28)25(35)14-2-4-15(5-3-14)26(36)32-19-11-29-12-20(19)33-27(37)16-6-7-17-18(10-16)31-13-30-17/h2-10,13,19-20,29,34H,11-12H2,1H3,(H,30,31)(H,32,36)(H,33,37)/t19-,20-/m1/s1. The summed E-state index contributed by atoms with van der Waals surface area (Å²) in [6.07, 6.45) is 1.56. The summed E-state index contributed by atoms with van der Waals surface area (Å²) in [6.45, 7) is 0.938. The first-order chi connectivity index (χ1) is 18.4. The third-order valence-corrected chi connectivity index (χ3v) is 6.47. The monoisotopic (exact) mass is 517 g/mol. The Morgan fingerprint density at radius 2 is 1.58 bits per heavy atom. The number of phenolic OH excluding ortho intramolecular Hbond substituents is 1. The molecule has 1 saturated heterocycles. The molecule has 1 fully saturated rings. The molecule has 0 saturated carbocycles. The number of carbonyl (C=O) groups excluding carboxylic acids is 3. The Morgan fingerprint density at radius 1 is 0.947 bits per heavy atom. The van der Waals surface area contributed by atoms with Crippen LogP contribution in [0.3, 0.4) is 0 Å². The highest BCUT2D eigenvalue weighted by molar-refractivity contribution is 6.11. The molecule has 2 amide bonds. The molecule has 1 aromatic heterocycles. The molecule has 4 aromatic rings. The molecule has 1 aliphatic heterocycles. The van der Waals surface area contributed by atoms with Crippen LogP contribution in [0.4, 0.5) is 4.39 Å². The number of ketones is 1. The van der Waals surface area contributed by atoms with Crippen LogP contribution in [0.1, 0.15) is 36.6 Å². The molecular formula is C27H24FN5O5. The summed E-state index contributed by atoms with van der Waals surface area (Å²) < 4.78 is 19.5. The highest BCUT2D eigenvalue weighted by atomic mass is 19.1. The summed E-state index contributed by atoms with van der Waals surface area (Å²) in [5, 5.41) is 19.0. The number of aromatic hydroxyl groups is 1. The number of halogens is 1. The number of aromatic nitrogens is 2. The van der Waals surface area contributed by atoms with E-state index in [4.69, 9.17) is 4.74 Å². The highest BCUT2D eigenvalue weighted by Gasteiger charge is 2.30. The molecule has 38 heavy (non-hydrogen) atoms. The predicted molar refractivity (Wildman–Crippen MR) is 136 cm³/mol. The Morgan fingerprint density at radius 3 is 2.26 bits per heavy atom. The van der Waals surface area contributed by atoms with Crippen LogP contribution in [0, 0.1) is 5.82 Å². The van der Waals surface area contributed by atoms with Gasteiger partial charge in [0.25, 0.3) is 11.8 Å². The number of nitrogens with zero attached hydrogens (tertiary/aromatic N) is 1. The quantitative estimate of drug-likeness (QED) is 0.236. The van der Waals surface area contributed by atoms with Crippen molar-refractivity contribution < 1.29 is 28.6 Å². The number of amides is 2. The summed E-state index contributed by atoms with van der Waals surface area (Å²) in [5.74, 6) is -3.07. The molecule has 194 valence electrons. The van der Waals surface area contributed by atoms with Gasteiger partial charge in [0.15, 0.2) is 17.3 Å². The highest BCUT2D eigenvalue weighted by Crippen LogP contribution is 2.30. The second-order valence-corrected chi connectivity index (χ2v) is 8.84. The molecule has 0 unspecified atom stereocenters. The van der Waals surface area contributed by atoms with Gasteiger partial charge in [-0.2, -0.15) is 0 Å². The van der Waals surface area contributed by atoms with Crippen LogP contribution in [-0.2, 0) is 0 Å². The zero-order valence-electron chi connectivity index (χ0n) is 20.2. The van der Waals surface area contributed by atoms with Crippen molar-refractivity contribution >= 4 is 28.6 Å². The summed E-state index contributed by atoms with van der Waals surface area (Å²) in [5.41, 5.74) is 1.83. The number of phenols is 1. The number of aromatic amines is 1. The van der Waals surface area contributed by atoms with Crippen LogP contribution in [0.15, 0.2) is 60.9 Å². The van der Waals surface area contributed by atoms with Gasteiger partial charge < -0.3 is 30.8 Å². The lowest BCUT2D eigenvalue weighted by molar-refractivity contribution is 0.0896. The van der Waals surface area contributed by atoms with Gasteiger partial charge in [0.2, 0.25) is 0 Å². The molecule has 0 aliphatic carbocycles. The van der Waals surface area contributed by atoms with Gasteiger partial charge in [0, 0.05) is 29.8 Å². The Balaban J connectivity index is 1.24. The van der Waals surface area contributed by atoms with Gasteiger partial charge in [-0.25, -0.2) is 9.37 Å². The van der Waals surface area contributed by atoms with E-state index in [0.29, 0.717) is 18.7 Å². The van der Waals surface area contributed by atoms with Crippen molar-refractivity contribution in [2.24, 2.45) is 0 Å². The van der Waals surface area contributed by atoms with E-state index in [1.807, 2.05) is 0 Å². The van der Waals surface area contributed by atoms with Crippen molar-refractivity contribution in [3.8, 4) is 11.5 Å². The van der Waals surface area contributed by atoms with Crippen molar-refractivity contribution in [1.82, 2.24) is 25.9 Å². The number of H-pyrrole nitrogens is 1. The van der Waals surface area contributed by atoms with Crippen molar-refractivity contribution in [3.05, 3.63) is 89.0 Å². The van der Waals surface area contributed by atoms with E-state index in [1.165, 1.54) is 43.5 Å². The summed E-state index contributed by atoms with van der Waals surface area (Å²) in [6, 6.07) is 12.5. The summed E-state index contributed by atoms with van der Waals surface area (Å²) >= 11 is 0. The lowest BCUT2D eigenvalue weighted by Crippen LogP contribution is -2.51. The molecule has 1 aliphatic rings. The summed E-state index contributed by atoms with van der Waals surface area (Å²) in [7, 11) is 1.26. The van der Waals surface area contributed by atoms with Crippen molar-refractivity contribution in [2.75, 3.05) is 20.2 Å². The van der Waals surface area contributed by atoms with Crippen LogP contribution in [0.2, 0.25) is 0 Å². The smallest absolute Gasteiger partial charge is 0.251 e. The molecule has 11 heteroatoms. The lowest BCUT2D eigenvalue weighted by atomic mass is 10.00. The summed E-state index contributed by atoms with van der Waals surface area (Å²) in [4.78, 5) is 45.6. The number of hydrogen-bond acceptors (Lipinski definition) is 7. The van der Waals surface area contributed by atoms with Crippen LogP contribution in [0.25, 0.3) is 11.0 Å². The average molecular weight is 518 g/mol. The third-order valence-electron chi connectivity index (χ3n) is 6.47. The first-order valence-electron chi connectivity index (χ1n) is 11.8. The maximum atomic E-state index is 14.6. The predicted octanol–water partition coefficient (Wildman–Crippen LogP) is 2.15. The zero-order chi connectivity index (χ0) is 26.8. The van der Waals surface area contributed by atoms with E-state index < -0.39 is 28.8 Å². The molecule has 10 nitrogen and oxygen atoms in total. The van der Waals surface area contributed by atoms with Gasteiger partial charge in [-0.05, 0) is 42.5 Å². The second-order valence-electron chi connectivity index (χ2n) is 8.84. The Labute approximate surface area is 216 Å². The van der Waals surface area contributed by atoms with Gasteiger partial charge in [0.1, 0.15) is 11.3 Å². The molecule has 3 aromatic carbocycles. The van der Waals surface area contributed by atoms with Gasteiger partial charge in [0.05, 0.1) is 36.6 Å². The van der Waals surface area contributed by atoms with Crippen molar-refractivity contribution in [2.45, 2.75) is 12.1 Å². The number of rotatable bonds is 7. The first kappa shape index (κ1) is 24.9. The van der Waals surface area contributed by atoms with Crippen molar-refractivity contribution in [1.29, 1.82) is 0 Å². The van der Waals surface area contributed by atoms with Gasteiger partial charge in [-0.15, -0.1) is 0 Å². The van der Waals surface area contributed by atoms with Crippen LogP contribution in [-0.4, -0.2) is 65.0 Å². The molecule has 5 rings (SSSR count). The number of imidazole rings is 1. The van der Waals surface area contributed by atoms with Gasteiger partial charge in [-0.3, -0.25) is 14.4 Å². The fourth-order valence-electron chi connectivity index (χ4n) is 4.40. The van der Waals surface area contributed by atoms with E-state index in [2.05, 4.69) is 25.9 Å². The fourth-order valence-corrected chi connectivity index (χ4v) is 4.40. The number of nitrogens with one attached hydrogen (secondary N) is 4. The molecule has 2 heterocycles. The zero-order valence-corrected chi connectivity index (χ0v) is 20.2. The van der Waals surface area contributed by atoms with Crippen LogP contribution >= 0.6 is 0 Å². The number of fused-ring (bicyclic) bond motifs is 1. The molecule has 2 atom stereocenters. The molecule has 5 N–H and O–H groups in total. The topological polar surface area (TPSA) is 145 Å². The minimum Gasteiger partial charge on any atom is -0.507 e. The Hall–Kier alpha value is -4.77. The fraction of sp³-hybridized carbons (Fsp3) is 0.185. The molecule has 0 spiro atoms. The molecular weight excluding hydrogens is 493 g/mol. The lowest BCUT2D eigenvalue weighted by Gasteiger charge is -2.21. The second kappa shape index (κ2) is 10.3. The van der Waals surface area contributed by atoms with E-state index in [0.717, 1.165) is 11.0 Å². The number of methoxy groups -OCH3 is 1. The maximum absolute atomic E-state index is 14.6. The van der Waals surface area contributed by atoms with E-state index in [-0.39, 0.29) is 34.9 Å². The maximum Gasteiger partial charge on any atom is 0.251 e. The number of hydrogen-bond donors (Lipinski definition) is 5. The SMILES string of the molecule is COc1ccc(O)c(C(=O)c2ccc(C(=O)N[C@@H]3CNC[C@H]3NC(=O)c3ccc4nc[nH]c4c3)cc2)c1F. The largest absolute Gasteiger partial charge is 0.507 e. The Kier molecular flexibility index (Phi) is 6.75. The third kappa shape index (κ3) is 4.78. The first-order valence-corrected chi connectivity index (χ1v) is 11.8. The molecule has 0 radical (unpaired) electrons. The van der Waals surface area contributed by atoms with Crippen LogP contribution < -0.4 is 20.7 Å². The normalized spacial score (nSPS) is 16.8. The minimum absolute atomic E-state index is 0.0888. The minimum atomic E-state index is -0.967. The van der Waals surface area contributed by atoms with Gasteiger partial charge >= 0.3 is 0 Å². The number of benzene rings is 3. The van der Waals surface area contributed by atoms with E-state index >= 15 is 0 Å².